The Hall–Kier alpha value is -2.13. The molecule has 0 aliphatic carbocycles. The minimum Gasteiger partial charge on any atom is -0.336 e. The highest BCUT2D eigenvalue weighted by atomic mass is 35.5. The Morgan fingerprint density at radius 2 is 2.13 bits per heavy atom. The molecule has 0 saturated carbocycles. The number of urea groups is 1. The third kappa shape index (κ3) is 3.30. The van der Waals surface area contributed by atoms with Gasteiger partial charge in [-0.05, 0) is 41.6 Å². The molecule has 1 fully saturated rings. The zero-order chi connectivity index (χ0) is 16.4. The highest BCUT2D eigenvalue weighted by molar-refractivity contribution is 8.00. The van der Waals surface area contributed by atoms with Crippen LogP contribution in [0.15, 0.2) is 29.4 Å². The fourth-order valence-electron chi connectivity index (χ4n) is 2.11. The van der Waals surface area contributed by atoms with Crippen LogP contribution < -0.4 is 5.32 Å². The molecule has 0 spiro atoms. The second-order valence-corrected chi connectivity index (χ2v) is 6.58. The van der Waals surface area contributed by atoms with Crippen molar-refractivity contribution in [3.63, 3.8) is 0 Å². The molecule has 8 nitrogen and oxygen atoms in total. The van der Waals surface area contributed by atoms with Crippen molar-refractivity contribution >= 4 is 35.3 Å². The summed E-state index contributed by atoms with van der Waals surface area (Å²) in [5, 5.41) is 14.7. The average molecular weight is 353 g/mol. The molecule has 23 heavy (non-hydrogen) atoms. The van der Waals surface area contributed by atoms with Crippen molar-refractivity contribution in [1.82, 2.24) is 30.4 Å². The summed E-state index contributed by atoms with van der Waals surface area (Å²) in [7, 11) is 0. The molecule has 1 aliphatic rings. The average Bonchev–Trinajstić information content (AvgIpc) is 3.16. The van der Waals surface area contributed by atoms with Crippen LogP contribution in [0.2, 0.25) is 5.02 Å². The number of hydrogen-bond donors (Lipinski definition) is 1. The van der Waals surface area contributed by atoms with E-state index in [4.69, 9.17) is 11.6 Å². The summed E-state index contributed by atoms with van der Waals surface area (Å²) >= 11 is 7.07. The summed E-state index contributed by atoms with van der Waals surface area (Å²) in [6, 6.07) is 6.67. The molecule has 1 aliphatic heterocycles. The minimum absolute atomic E-state index is 0.268. The van der Waals surface area contributed by atoms with Crippen molar-refractivity contribution in [2.24, 2.45) is 0 Å². The maximum Gasteiger partial charge on any atom is 0.324 e. The molecule has 3 rings (SSSR count). The molecule has 1 unspecified atom stereocenters. The zero-order valence-corrected chi connectivity index (χ0v) is 13.7. The number of nitrogens with one attached hydrogen (secondary N) is 1. The van der Waals surface area contributed by atoms with Gasteiger partial charge >= 0.3 is 6.03 Å². The number of halogens is 1. The number of hydrogen-bond acceptors (Lipinski definition) is 6. The topological polar surface area (TPSA) is 93.0 Å². The Labute approximate surface area is 141 Å². The van der Waals surface area contributed by atoms with Gasteiger partial charge in [-0.2, -0.15) is 4.68 Å². The molecule has 1 atom stereocenters. The Bertz CT molecular complexity index is 734. The summed E-state index contributed by atoms with van der Waals surface area (Å²) in [6.07, 6.45) is 0. The van der Waals surface area contributed by atoms with Gasteiger partial charge < -0.3 is 5.32 Å². The highest BCUT2D eigenvalue weighted by Gasteiger charge is 2.31. The van der Waals surface area contributed by atoms with Crippen molar-refractivity contribution in [1.29, 1.82) is 0 Å². The van der Waals surface area contributed by atoms with E-state index in [1.54, 1.807) is 31.2 Å². The fourth-order valence-corrected chi connectivity index (χ4v) is 3.10. The number of carbonyl (C=O) groups excluding carboxylic acids is 2. The Morgan fingerprint density at radius 1 is 1.39 bits per heavy atom. The predicted molar refractivity (Wildman–Crippen MR) is 84.6 cm³/mol. The Balaban J connectivity index is 1.76. The van der Waals surface area contributed by atoms with Gasteiger partial charge in [0.15, 0.2) is 0 Å². The lowest BCUT2D eigenvalue weighted by Crippen LogP contribution is -2.39. The van der Waals surface area contributed by atoms with Crippen LogP contribution in [0.25, 0.3) is 5.69 Å². The number of rotatable bonds is 4. The van der Waals surface area contributed by atoms with E-state index >= 15 is 0 Å². The lowest BCUT2D eigenvalue weighted by molar-refractivity contribution is -0.126. The van der Waals surface area contributed by atoms with Crippen LogP contribution in [0.1, 0.15) is 6.92 Å². The number of thioether (sulfide) groups is 1. The molecule has 1 aromatic carbocycles. The smallest absolute Gasteiger partial charge is 0.324 e. The minimum atomic E-state index is -0.490. The second kappa shape index (κ2) is 6.55. The lowest BCUT2D eigenvalue weighted by atomic mass is 10.3. The monoisotopic (exact) mass is 352 g/mol. The Morgan fingerprint density at radius 3 is 2.78 bits per heavy atom. The number of nitrogens with zero attached hydrogens (tertiary/aromatic N) is 5. The summed E-state index contributed by atoms with van der Waals surface area (Å²) < 4.78 is 1.52. The van der Waals surface area contributed by atoms with Crippen molar-refractivity contribution in [3.8, 4) is 5.69 Å². The van der Waals surface area contributed by atoms with Gasteiger partial charge in [0.25, 0.3) is 0 Å². The van der Waals surface area contributed by atoms with E-state index in [1.807, 2.05) is 0 Å². The van der Waals surface area contributed by atoms with E-state index in [2.05, 4.69) is 20.8 Å². The molecule has 1 N–H and O–H groups in total. The normalized spacial score (nSPS) is 15.6. The summed E-state index contributed by atoms with van der Waals surface area (Å²) in [5.74, 6) is -0.268. The largest absolute Gasteiger partial charge is 0.336 e. The number of tetrazole rings is 1. The van der Waals surface area contributed by atoms with E-state index < -0.39 is 5.25 Å². The van der Waals surface area contributed by atoms with Gasteiger partial charge in [0.05, 0.1) is 10.9 Å². The number of benzene rings is 1. The van der Waals surface area contributed by atoms with Crippen molar-refractivity contribution < 1.29 is 9.59 Å². The molecule has 10 heteroatoms. The highest BCUT2D eigenvalue weighted by Crippen LogP contribution is 2.25. The summed E-state index contributed by atoms with van der Waals surface area (Å²) in [6.45, 7) is 2.58. The van der Waals surface area contributed by atoms with Gasteiger partial charge in [0.2, 0.25) is 11.1 Å². The molecule has 0 radical (unpaired) electrons. The number of imide groups is 1. The molecular weight excluding hydrogens is 340 g/mol. The van der Waals surface area contributed by atoms with Gasteiger partial charge in [0, 0.05) is 18.1 Å². The van der Waals surface area contributed by atoms with Gasteiger partial charge in [-0.1, -0.05) is 23.4 Å². The van der Waals surface area contributed by atoms with Crippen LogP contribution in [-0.2, 0) is 4.79 Å². The van der Waals surface area contributed by atoms with Gasteiger partial charge in [-0.25, -0.2) is 4.79 Å². The van der Waals surface area contributed by atoms with Crippen LogP contribution in [0, 0.1) is 0 Å². The van der Waals surface area contributed by atoms with Gasteiger partial charge in [-0.3, -0.25) is 9.69 Å². The molecule has 1 saturated heterocycles. The van der Waals surface area contributed by atoms with E-state index in [0.29, 0.717) is 23.3 Å². The Kier molecular flexibility index (Phi) is 4.49. The maximum atomic E-state index is 12.3. The van der Waals surface area contributed by atoms with Gasteiger partial charge in [-0.15, -0.1) is 5.10 Å². The fraction of sp³-hybridized carbons (Fsp3) is 0.308. The first kappa shape index (κ1) is 15.8. The third-order valence-corrected chi connectivity index (χ3v) is 4.54. The second-order valence-electron chi connectivity index (χ2n) is 4.83. The maximum absolute atomic E-state index is 12.3. The molecule has 3 amide bonds. The number of amides is 3. The summed E-state index contributed by atoms with van der Waals surface area (Å²) in [4.78, 5) is 25.1. The standard InChI is InChI=1S/C13H13ClN6O2S/c1-8(11(21)19-7-6-15-12(19)22)23-13-16-17-18-20(13)10-4-2-9(14)3-5-10/h2-5,8H,6-7H2,1H3,(H,15,22). The van der Waals surface area contributed by atoms with Crippen molar-refractivity contribution in [3.05, 3.63) is 29.3 Å². The van der Waals surface area contributed by atoms with Crippen molar-refractivity contribution in [2.45, 2.75) is 17.3 Å². The van der Waals surface area contributed by atoms with E-state index in [0.717, 1.165) is 5.69 Å². The molecular formula is C13H13ClN6O2S. The molecule has 1 aromatic heterocycles. The van der Waals surface area contributed by atoms with Crippen LogP contribution in [0.3, 0.4) is 0 Å². The van der Waals surface area contributed by atoms with E-state index in [9.17, 15) is 9.59 Å². The molecule has 120 valence electrons. The first-order valence-electron chi connectivity index (χ1n) is 6.86. The van der Waals surface area contributed by atoms with Gasteiger partial charge in [0.1, 0.15) is 0 Å². The van der Waals surface area contributed by atoms with Crippen LogP contribution in [-0.4, -0.2) is 55.4 Å². The molecule has 2 aromatic rings. The first-order chi connectivity index (χ1) is 11.1. The third-order valence-electron chi connectivity index (χ3n) is 3.26. The van der Waals surface area contributed by atoms with Crippen LogP contribution >= 0.6 is 23.4 Å². The SMILES string of the molecule is CC(Sc1nnnn1-c1ccc(Cl)cc1)C(=O)N1CCNC1=O. The quantitative estimate of drug-likeness (QED) is 0.835. The number of aromatic nitrogens is 4. The van der Waals surface area contributed by atoms with E-state index in [-0.39, 0.29) is 11.9 Å². The zero-order valence-electron chi connectivity index (χ0n) is 12.1. The van der Waals surface area contributed by atoms with Crippen LogP contribution in [0.5, 0.6) is 0 Å². The van der Waals surface area contributed by atoms with Crippen LogP contribution in [0.4, 0.5) is 4.79 Å². The summed E-state index contributed by atoms with van der Waals surface area (Å²) in [5.41, 5.74) is 0.737. The van der Waals surface area contributed by atoms with E-state index in [1.165, 1.54) is 21.3 Å². The van der Waals surface area contributed by atoms with Crippen molar-refractivity contribution in [2.75, 3.05) is 13.1 Å². The number of carbonyl (C=O) groups is 2. The predicted octanol–water partition coefficient (Wildman–Crippen LogP) is 1.35. The molecule has 2 heterocycles. The lowest BCUT2D eigenvalue weighted by Gasteiger charge is -2.16. The first-order valence-corrected chi connectivity index (χ1v) is 8.12. The molecule has 0 bridgehead atoms.